The Kier molecular flexibility index (Phi) is 4.11. The number of hydrogen-bond donors (Lipinski definition) is 1. The Balaban J connectivity index is 2.70. The molecular weight excluding hydrogens is 200 g/mol. The second-order valence-electron chi connectivity index (χ2n) is 2.35. The Morgan fingerprint density at radius 1 is 1.79 bits per heavy atom. The van der Waals surface area contributed by atoms with Gasteiger partial charge in [-0.05, 0) is 13.0 Å². The van der Waals surface area contributed by atoms with Gasteiger partial charge in [-0.2, -0.15) is 0 Å². The van der Waals surface area contributed by atoms with Crippen LogP contribution in [0.15, 0.2) is 6.20 Å². The first-order valence-electron chi connectivity index (χ1n) is 3.95. The fraction of sp³-hybridized carbons (Fsp3) is 0.333. The van der Waals surface area contributed by atoms with Gasteiger partial charge in [0.2, 0.25) is 0 Å². The molecule has 0 amide bonds. The molecule has 1 N–H and O–H groups in total. The predicted molar refractivity (Wildman–Crippen MR) is 54.3 cm³/mol. The van der Waals surface area contributed by atoms with Crippen LogP contribution in [0.2, 0.25) is 0 Å². The van der Waals surface area contributed by atoms with E-state index in [-0.39, 0.29) is 5.97 Å². The summed E-state index contributed by atoms with van der Waals surface area (Å²) in [4.78, 5) is 15.5. The summed E-state index contributed by atoms with van der Waals surface area (Å²) in [5.41, 5.74) is 0. The summed E-state index contributed by atoms with van der Waals surface area (Å²) in [6.07, 6.45) is 1.47. The van der Waals surface area contributed by atoms with Crippen LogP contribution in [0.1, 0.15) is 14.7 Å². The minimum atomic E-state index is -0.371. The Labute approximate surface area is 86.3 Å². The van der Waals surface area contributed by atoms with E-state index in [1.807, 2.05) is 7.05 Å². The van der Waals surface area contributed by atoms with E-state index in [2.05, 4.69) is 26.9 Å². The van der Waals surface area contributed by atoms with Gasteiger partial charge in [-0.1, -0.05) is 17.3 Å². The number of ether oxygens (including phenoxy) is 1. The number of carbonyl (C=O) groups excluding carboxylic acids is 1. The molecule has 4 nitrogen and oxygen atoms in total. The zero-order chi connectivity index (χ0) is 10.4. The van der Waals surface area contributed by atoms with Crippen molar-refractivity contribution in [1.82, 2.24) is 10.3 Å². The summed E-state index contributed by atoms with van der Waals surface area (Å²) in [6, 6.07) is 0. The first-order valence-corrected chi connectivity index (χ1v) is 4.77. The normalized spacial score (nSPS) is 9.00. The largest absolute Gasteiger partial charge is 0.465 e. The number of nitrogens with zero attached hydrogens (tertiary/aromatic N) is 1. The van der Waals surface area contributed by atoms with Gasteiger partial charge in [0, 0.05) is 0 Å². The summed E-state index contributed by atoms with van der Waals surface area (Å²) >= 11 is 1.23. The molecule has 5 heteroatoms. The third-order valence-electron chi connectivity index (χ3n) is 1.35. The molecule has 1 aromatic heterocycles. The quantitative estimate of drug-likeness (QED) is 0.570. The van der Waals surface area contributed by atoms with E-state index in [1.54, 1.807) is 0 Å². The maximum Gasteiger partial charge on any atom is 0.349 e. The van der Waals surface area contributed by atoms with Gasteiger partial charge in [-0.3, -0.25) is 0 Å². The molecule has 0 aliphatic carbocycles. The minimum absolute atomic E-state index is 0.371. The molecule has 0 saturated heterocycles. The number of nitrogens with one attached hydrogen (secondary N) is 1. The summed E-state index contributed by atoms with van der Waals surface area (Å²) < 4.78 is 4.55. The van der Waals surface area contributed by atoms with Crippen LogP contribution in [0.3, 0.4) is 0 Å². The highest BCUT2D eigenvalue weighted by Crippen LogP contribution is 2.12. The molecule has 0 aromatic carbocycles. The molecule has 1 rings (SSSR count). The average molecular weight is 210 g/mol. The fourth-order valence-electron chi connectivity index (χ4n) is 0.735. The van der Waals surface area contributed by atoms with E-state index in [9.17, 15) is 4.79 Å². The van der Waals surface area contributed by atoms with Gasteiger partial charge >= 0.3 is 5.97 Å². The van der Waals surface area contributed by atoms with E-state index in [1.165, 1.54) is 24.6 Å². The number of aromatic nitrogens is 1. The van der Waals surface area contributed by atoms with Crippen LogP contribution in [-0.4, -0.2) is 31.7 Å². The third-order valence-corrected chi connectivity index (χ3v) is 2.25. The van der Waals surface area contributed by atoms with Crippen molar-refractivity contribution in [3.8, 4) is 11.8 Å². The molecule has 0 aliphatic heterocycles. The van der Waals surface area contributed by atoms with E-state index in [0.717, 1.165) is 0 Å². The van der Waals surface area contributed by atoms with Gasteiger partial charge in [-0.25, -0.2) is 9.78 Å². The van der Waals surface area contributed by atoms with E-state index in [4.69, 9.17) is 0 Å². The minimum Gasteiger partial charge on any atom is -0.465 e. The Bertz CT molecular complexity index is 376. The molecule has 0 fully saturated rings. The number of carbonyl (C=O) groups is 1. The Hall–Kier alpha value is -1.38. The zero-order valence-electron chi connectivity index (χ0n) is 7.96. The molecule has 0 atom stereocenters. The second kappa shape index (κ2) is 5.37. The molecule has 14 heavy (non-hydrogen) atoms. The van der Waals surface area contributed by atoms with Gasteiger partial charge in [0.15, 0.2) is 5.01 Å². The van der Waals surface area contributed by atoms with Crippen LogP contribution in [0, 0.1) is 11.8 Å². The maximum absolute atomic E-state index is 11.0. The second-order valence-corrected chi connectivity index (χ2v) is 3.38. The molecule has 1 aromatic rings. The fourth-order valence-corrected chi connectivity index (χ4v) is 1.44. The standard InChI is InChI=1S/C9H10N2O2S/c1-10-5-3-4-8-11-6-7(14-8)9(12)13-2/h6,10H,5H2,1-2H3. The van der Waals surface area contributed by atoms with Crippen LogP contribution in [0.5, 0.6) is 0 Å². The van der Waals surface area contributed by atoms with E-state index < -0.39 is 0 Å². The monoisotopic (exact) mass is 210 g/mol. The van der Waals surface area contributed by atoms with Crippen LogP contribution in [0.25, 0.3) is 0 Å². The number of thiazole rings is 1. The average Bonchev–Trinajstić information content (AvgIpc) is 2.66. The van der Waals surface area contributed by atoms with Crippen molar-refractivity contribution >= 4 is 17.3 Å². The van der Waals surface area contributed by atoms with Crippen molar-refractivity contribution in [1.29, 1.82) is 0 Å². The molecule has 0 unspecified atom stereocenters. The van der Waals surface area contributed by atoms with Crippen LogP contribution in [-0.2, 0) is 4.74 Å². The van der Waals surface area contributed by atoms with Gasteiger partial charge in [0.1, 0.15) is 4.88 Å². The predicted octanol–water partition coefficient (Wildman–Crippen LogP) is 0.501. The lowest BCUT2D eigenvalue weighted by molar-refractivity contribution is 0.0606. The highest BCUT2D eigenvalue weighted by molar-refractivity contribution is 7.14. The number of esters is 1. The molecule has 0 saturated carbocycles. The highest BCUT2D eigenvalue weighted by Gasteiger charge is 2.08. The molecule has 0 radical (unpaired) electrons. The number of hydrogen-bond acceptors (Lipinski definition) is 5. The molecule has 0 aliphatic rings. The number of rotatable bonds is 2. The van der Waals surface area contributed by atoms with Crippen molar-refractivity contribution in [2.24, 2.45) is 0 Å². The maximum atomic E-state index is 11.0. The van der Waals surface area contributed by atoms with Gasteiger partial charge < -0.3 is 10.1 Å². The van der Waals surface area contributed by atoms with Crippen LogP contribution < -0.4 is 5.32 Å². The van der Waals surface area contributed by atoms with Gasteiger partial charge in [0.05, 0.1) is 19.9 Å². The van der Waals surface area contributed by atoms with Crippen molar-refractivity contribution in [3.05, 3.63) is 16.1 Å². The smallest absolute Gasteiger partial charge is 0.349 e. The first-order chi connectivity index (χ1) is 6.77. The SMILES string of the molecule is CNCC#Cc1ncc(C(=O)OC)s1. The van der Waals surface area contributed by atoms with Crippen molar-refractivity contribution < 1.29 is 9.53 Å². The zero-order valence-corrected chi connectivity index (χ0v) is 8.77. The Morgan fingerprint density at radius 3 is 3.21 bits per heavy atom. The van der Waals surface area contributed by atoms with Crippen LogP contribution in [0.4, 0.5) is 0 Å². The van der Waals surface area contributed by atoms with E-state index in [0.29, 0.717) is 16.4 Å². The van der Waals surface area contributed by atoms with Crippen molar-refractivity contribution in [2.45, 2.75) is 0 Å². The summed E-state index contributed by atoms with van der Waals surface area (Å²) in [6.45, 7) is 0.604. The van der Waals surface area contributed by atoms with E-state index >= 15 is 0 Å². The first kappa shape index (κ1) is 10.7. The molecule has 1 heterocycles. The summed E-state index contributed by atoms with van der Waals surface area (Å²) in [7, 11) is 3.16. The van der Waals surface area contributed by atoms with Crippen molar-refractivity contribution in [2.75, 3.05) is 20.7 Å². The third kappa shape index (κ3) is 2.83. The molecule has 0 spiro atoms. The lowest BCUT2D eigenvalue weighted by Crippen LogP contribution is -2.04. The topological polar surface area (TPSA) is 51.2 Å². The Morgan fingerprint density at radius 2 is 2.57 bits per heavy atom. The van der Waals surface area contributed by atoms with Gasteiger partial charge in [-0.15, -0.1) is 0 Å². The lowest BCUT2D eigenvalue weighted by atomic mass is 10.5. The van der Waals surface area contributed by atoms with Crippen molar-refractivity contribution in [3.63, 3.8) is 0 Å². The lowest BCUT2D eigenvalue weighted by Gasteiger charge is -1.89. The summed E-state index contributed by atoms with van der Waals surface area (Å²) in [5, 5.41) is 3.52. The molecule has 0 bridgehead atoms. The highest BCUT2D eigenvalue weighted by atomic mass is 32.1. The molecular formula is C9H10N2O2S. The van der Waals surface area contributed by atoms with Gasteiger partial charge in [0.25, 0.3) is 0 Å². The molecule has 74 valence electrons. The van der Waals surface area contributed by atoms with Crippen LogP contribution >= 0.6 is 11.3 Å². The summed E-state index contributed by atoms with van der Waals surface area (Å²) in [5.74, 6) is 5.32. The number of methoxy groups -OCH3 is 1.